The van der Waals surface area contributed by atoms with Crippen molar-refractivity contribution < 1.29 is 28.7 Å². The largest absolute Gasteiger partial charge is 0.477 e. The maximum absolute atomic E-state index is 13.2. The third-order valence-corrected chi connectivity index (χ3v) is 9.22. The number of ketones is 1. The number of nitrogens with two attached hydrogens (primary N) is 1. The summed E-state index contributed by atoms with van der Waals surface area (Å²) >= 11 is 0. The van der Waals surface area contributed by atoms with Gasteiger partial charge in [-0.25, -0.2) is 4.79 Å². The average molecular weight is 600 g/mol. The zero-order valence-electron chi connectivity index (χ0n) is 25.7. The molecule has 236 valence electrons. The predicted molar refractivity (Wildman–Crippen MR) is 160 cm³/mol. The lowest BCUT2D eigenvalue weighted by Crippen LogP contribution is -2.62. The predicted octanol–water partition coefficient (Wildman–Crippen LogP) is 0.876. The van der Waals surface area contributed by atoms with Crippen molar-refractivity contribution in [3.8, 4) is 11.5 Å². The molecular formula is C30H45N7O6. The van der Waals surface area contributed by atoms with Crippen LogP contribution in [0.3, 0.4) is 0 Å². The topological polar surface area (TPSA) is 179 Å². The first-order valence-electron chi connectivity index (χ1n) is 15.0. The summed E-state index contributed by atoms with van der Waals surface area (Å²) in [4.78, 5) is 54.4. The molecule has 1 spiro atoms. The summed E-state index contributed by atoms with van der Waals surface area (Å²) in [5, 5.41) is 15.3. The van der Waals surface area contributed by atoms with Gasteiger partial charge in [0.25, 0.3) is 0 Å². The second kappa shape index (κ2) is 13.2. The highest BCUT2D eigenvalue weighted by atomic mass is 16.6. The van der Waals surface area contributed by atoms with E-state index in [1.165, 1.54) is 11.8 Å². The number of benzene rings is 1. The van der Waals surface area contributed by atoms with E-state index in [2.05, 4.69) is 34.8 Å². The molecule has 2 heterocycles. The van der Waals surface area contributed by atoms with Gasteiger partial charge in [0.2, 0.25) is 11.8 Å². The van der Waals surface area contributed by atoms with Gasteiger partial charge in [-0.1, -0.05) is 19.9 Å². The van der Waals surface area contributed by atoms with Crippen molar-refractivity contribution in [2.45, 2.75) is 76.5 Å². The molecule has 3 amide bonds. The van der Waals surface area contributed by atoms with Gasteiger partial charge in [-0.15, -0.1) is 0 Å². The normalized spacial score (nSPS) is 24.2. The van der Waals surface area contributed by atoms with Crippen molar-refractivity contribution in [1.29, 1.82) is 5.41 Å². The lowest BCUT2D eigenvalue weighted by atomic mass is 9.55. The number of guanidine groups is 1. The zero-order valence-corrected chi connectivity index (χ0v) is 25.7. The second-order valence-corrected chi connectivity index (χ2v) is 11.9. The molecule has 0 radical (unpaired) electrons. The third-order valence-electron chi connectivity index (χ3n) is 9.22. The van der Waals surface area contributed by atoms with Gasteiger partial charge in [0.05, 0.1) is 0 Å². The van der Waals surface area contributed by atoms with Gasteiger partial charge in [0.15, 0.2) is 29.3 Å². The summed E-state index contributed by atoms with van der Waals surface area (Å²) in [5.41, 5.74) is 6.98. The van der Waals surface area contributed by atoms with Gasteiger partial charge in [0, 0.05) is 57.0 Å². The lowest BCUT2D eigenvalue weighted by Gasteiger charge is -2.54. The molecule has 6 N–H and O–H groups in total. The number of hydrogen-bond acceptors (Lipinski definition) is 8. The fourth-order valence-electron chi connectivity index (χ4n) is 6.91. The van der Waals surface area contributed by atoms with Crippen LogP contribution in [0.25, 0.3) is 0 Å². The number of nitrogens with zero attached hydrogens (tertiary/aromatic N) is 2. The quantitative estimate of drug-likeness (QED) is 0.132. The van der Waals surface area contributed by atoms with Gasteiger partial charge in [-0.2, -0.15) is 0 Å². The van der Waals surface area contributed by atoms with Crippen LogP contribution in [0.1, 0.15) is 57.6 Å². The van der Waals surface area contributed by atoms with E-state index >= 15 is 0 Å². The minimum Gasteiger partial charge on any atom is -0.477 e. The fourth-order valence-corrected chi connectivity index (χ4v) is 6.91. The van der Waals surface area contributed by atoms with Gasteiger partial charge >= 0.3 is 6.09 Å². The van der Waals surface area contributed by atoms with Crippen LogP contribution >= 0.6 is 0 Å². The molecule has 1 aliphatic carbocycles. The van der Waals surface area contributed by atoms with E-state index in [-0.39, 0.29) is 42.6 Å². The fraction of sp³-hybridized carbons (Fsp3) is 0.633. The molecule has 13 heteroatoms. The van der Waals surface area contributed by atoms with Gasteiger partial charge in [0.1, 0.15) is 6.04 Å². The molecule has 0 unspecified atom stereocenters. The third kappa shape index (κ3) is 6.41. The van der Waals surface area contributed by atoms with E-state index in [0.717, 1.165) is 30.5 Å². The lowest BCUT2D eigenvalue weighted by molar-refractivity contribution is -0.131. The molecule has 1 aromatic carbocycles. The van der Waals surface area contributed by atoms with Gasteiger partial charge < -0.3 is 41.0 Å². The van der Waals surface area contributed by atoms with Crippen LogP contribution in [0.2, 0.25) is 0 Å². The summed E-state index contributed by atoms with van der Waals surface area (Å²) in [5.74, 6) is 0.159. The number of ether oxygens (including phenoxy) is 2. The minimum atomic E-state index is -0.756. The van der Waals surface area contributed by atoms with Crippen molar-refractivity contribution in [2.24, 2.45) is 11.7 Å². The Kier molecular flexibility index (Phi) is 9.83. The first-order valence-corrected chi connectivity index (χ1v) is 15.0. The Morgan fingerprint density at radius 3 is 2.67 bits per heavy atom. The molecule has 13 nitrogen and oxygen atoms in total. The Bertz CT molecular complexity index is 1270. The number of fused-ring (bicyclic) bond motifs is 1. The number of carbonyl (C=O) groups excluding carboxylic acids is 4. The van der Waals surface area contributed by atoms with Crippen LogP contribution in [-0.2, 0) is 26.2 Å². The monoisotopic (exact) mass is 599 g/mol. The van der Waals surface area contributed by atoms with Crippen molar-refractivity contribution in [2.75, 3.05) is 40.3 Å². The maximum atomic E-state index is 13.2. The summed E-state index contributed by atoms with van der Waals surface area (Å²) in [6.45, 7) is 6.96. The number of amides is 3. The number of Topliss-reactive ketones (excluding diaryl/α,β-unsaturated/α-hetero) is 1. The minimum absolute atomic E-state index is 0.0528. The maximum Gasteiger partial charge on any atom is 0.415 e. The van der Waals surface area contributed by atoms with E-state index in [9.17, 15) is 19.2 Å². The smallest absolute Gasteiger partial charge is 0.415 e. The Hall–Kier alpha value is -3.87. The van der Waals surface area contributed by atoms with Crippen LogP contribution in [0, 0.1) is 11.3 Å². The van der Waals surface area contributed by atoms with Crippen LogP contribution in [0.5, 0.6) is 11.5 Å². The highest BCUT2D eigenvalue weighted by molar-refractivity contribution is 5.88. The van der Waals surface area contributed by atoms with Crippen molar-refractivity contribution in [3.05, 3.63) is 23.3 Å². The number of rotatable bonds is 12. The highest BCUT2D eigenvalue weighted by Crippen LogP contribution is 2.60. The molecule has 5 atom stereocenters. The average Bonchev–Trinajstić information content (AvgIpc) is 3.31. The SMILES string of the molecule is CCC(=O)[C@@H]1Oc2c(OC(=O)N(C)CCNC(=O)[C@@H](CCCNC(=N)N)NC(C)=O)ccc3c2[C@@]12CCN(C)[C@H](C3)[C@@H]2C. The van der Waals surface area contributed by atoms with Gasteiger partial charge in [-0.05, 0) is 56.8 Å². The Morgan fingerprint density at radius 1 is 1.26 bits per heavy atom. The first kappa shape index (κ1) is 32.1. The molecule has 1 aromatic rings. The van der Waals surface area contributed by atoms with Crippen LogP contribution in [0.4, 0.5) is 4.79 Å². The Morgan fingerprint density at radius 2 is 2.00 bits per heavy atom. The number of carbonyl (C=O) groups is 4. The molecule has 2 aliphatic heterocycles. The number of piperidine rings is 1. The summed E-state index contributed by atoms with van der Waals surface area (Å²) in [6, 6.07) is 3.29. The number of nitrogens with one attached hydrogen (secondary N) is 4. The van der Waals surface area contributed by atoms with E-state index < -0.39 is 23.7 Å². The molecular weight excluding hydrogens is 554 g/mol. The zero-order chi connectivity index (χ0) is 31.5. The molecule has 0 saturated carbocycles. The van der Waals surface area contributed by atoms with Crippen LogP contribution in [-0.4, -0.2) is 97.9 Å². The molecule has 1 fully saturated rings. The summed E-state index contributed by atoms with van der Waals surface area (Å²) < 4.78 is 12.2. The number of hydrogen-bond donors (Lipinski definition) is 5. The molecule has 2 bridgehead atoms. The highest BCUT2D eigenvalue weighted by Gasteiger charge is 2.62. The molecule has 1 saturated heterocycles. The number of likely N-dealkylation sites (tertiary alicyclic amines) is 1. The van der Waals surface area contributed by atoms with Gasteiger partial charge in [-0.3, -0.25) is 19.8 Å². The molecule has 3 aliphatic rings. The van der Waals surface area contributed by atoms with E-state index in [1.54, 1.807) is 13.1 Å². The van der Waals surface area contributed by atoms with Crippen LogP contribution < -0.4 is 31.2 Å². The molecule has 43 heavy (non-hydrogen) atoms. The standard InChI is InChI=1S/C30H45N7O6/c1-6-22(39)26-30-11-14-36(4)21(17(30)2)16-19-9-10-23(25(43-26)24(19)30)42-29(41)37(5)15-13-33-27(40)20(35-18(3)38)8-7-12-34-28(31)32/h9-10,17,20-21,26H,6-8,11-16H2,1-5H3,(H,33,40)(H,35,38)(H4,31,32,34)/t17-,20+,21+,26-,30-/m0/s1. The summed E-state index contributed by atoms with van der Waals surface area (Å²) in [7, 11) is 3.70. The molecule has 0 aromatic heterocycles. The van der Waals surface area contributed by atoms with Crippen molar-refractivity contribution in [1.82, 2.24) is 25.8 Å². The Balaban J connectivity index is 1.41. The van der Waals surface area contributed by atoms with Crippen molar-refractivity contribution >= 4 is 29.7 Å². The first-order chi connectivity index (χ1) is 20.4. The molecule has 4 rings (SSSR count). The van der Waals surface area contributed by atoms with Crippen LogP contribution in [0.15, 0.2) is 12.1 Å². The van der Waals surface area contributed by atoms with Crippen molar-refractivity contribution in [3.63, 3.8) is 0 Å². The van der Waals surface area contributed by atoms with E-state index in [4.69, 9.17) is 20.6 Å². The van der Waals surface area contributed by atoms with E-state index in [1.807, 2.05) is 13.0 Å². The second-order valence-electron chi connectivity index (χ2n) is 11.9. The number of likely N-dealkylation sites (N-methyl/N-ethyl adjacent to an activating group) is 2. The summed E-state index contributed by atoms with van der Waals surface area (Å²) in [6.07, 6.45) is 1.64. The Labute approximate surface area is 252 Å². The van der Waals surface area contributed by atoms with E-state index in [0.29, 0.717) is 43.3 Å².